The van der Waals surface area contributed by atoms with Gasteiger partial charge in [-0.2, -0.15) is 0 Å². The number of Topliss-reactive ketones (excluding diaryl/α,β-unsaturated/α-hetero) is 1. The summed E-state index contributed by atoms with van der Waals surface area (Å²) >= 11 is 3.46. The molecule has 0 spiro atoms. The molecule has 90 valence electrons. The zero-order valence-corrected chi connectivity index (χ0v) is 11.5. The summed E-state index contributed by atoms with van der Waals surface area (Å²) in [4.78, 5) is 15.9. The van der Waals surface area contributed by atoms with Gasteiger partial charge in [-0.05, 0) is 24.6 Å². The third-order valence-electron chi connectivity index (χ3n) is 3.07. The van der Waals surface area contributed by atoms with Crippen LogP contribution < -0.4 is 5.32 Å². The summed E-state index contributed by atoms with van der Waals surface area (Å²) in [6.07, 6.45) is 0.919. The van der Waals surface area contributed by atoms with Gasteiger partial charge >= 0.3 is 0 Å². The van der Waals surface area contributed by atoms with Gasteiger partial charge in [0, 0.05) is 17.9 Å². The van der Waals surface area contributed by atoms with Crippen molar-refractivity contribution in [3.63, 3.8) is 0 Å². The summed E-state index contributed by atoms with van der Waals surface area (Å²) in [6, 6.07) is 8.03. The highest BCUT2D eigenvalue weighted by atomic mass is 79.9. The van der Waals surface area contributed by atoms with Crippen LogP contribution in [0.1, 0.15) is 25.3 Å². The minimum absolute atomic E-state index is 0.229. The lowest BCUT2D eigenvalue weighted by Gasteiger charge is -2.36. The molecule has 1 aromatic rings. The predicted molar refractivity (Wildman–Crippen MR) is 72.2 cm³/mol. The lowest BCUT2D eigenvalue weighted by molar-refractivity contribution is -0.120. The molecular weight excluding hydrogens is 280 g/mol. The highest BCUT2D eigenvalue weighted by Crippen LogP contribution is 2.30. The largest absolute Gasteiger partial charge is 0.364 e. The molecule has 0 bridgehead atoms. The Bertz CT molecular complexity index is 484. The summed E-state index contributed by atoms with van der Waals surface area (Å²) < 4.78 is 1.02. The highest BCUT2D eigenvalue weighted by Gasteiger charge is 2.35. The number of ketones is 1. The normalized spacial score (nSPS) is 27.0. The molecule has 17 heavy (non-hydrogen) atoms. The van der Waals surface area contributed by atoms with E-state index >= 15 is 0 Å². The van der Waals surface area contributed by atoms with Crippen molar-refractivity contribution >= 4 is 27.5 Å². The predicted octanol–water partition coefficient (Wildman–Crippen LogP) is 2.65. The van der Waals surface area contributed by atoms with Gasteiger partial charge in [0.25, 0.3) is 0 Å². The van der Waals surface area contributed by atoms with Gasteiger partial charge in [0.2, 0.25) is 0 Å². The number of amidine groups is 1. The first-order valence-corrected chi connectivity index (χ1v) is 6.34. The van der Waals surface area contributed by atoms with Gasteiger partial charge in [0.1, 0.15) is 11.6 Å². The Labute approximate surface area is 109 Å². The van der Waals surface area contributed by atoms with E-state index in [1.165, 1.54) is 0 Å². The number of halogens is 1. The first kappa shape index (κ1) is 12.3. The van der Waals surface area contributed by atoms with Gasteiger partial charge in [-0.15, -0.1) is 0 Å². The molecular formula is C13H15BrN2O. The number of aliphatic imine (C=N–C) groups is 1. The van der Waals surface area contributed by atoms with Crippen molar-refractivity contribution in [2.24, 2.45) is 4.99 Å². The molecule has 0 aromatic heterocycles. The van der Waals surface area contributed by atoms with Crippen molar-refractivity contribution in [1.29, 1.82) is 0 Å². The molecule has 1 aromatic carbocycles. The first-order valence-electron chi connectivity index (χ1n) is 5.55. The van der Waals surface area contributed by atoms with Crippen molar-refractivity contribution in [3.05, 3.63) is 34.3 Å². The van der Waals surface area contributed by atoms with Crippen LogP contribution in [0.4, 0.5) is 0 Å². The minimum Gasteiger partial charge on any atom is -0.364 e. The molecule has 1 saturated heterocycles. The number of nitrogens with one attached hydrogen (secondary N) is 1. The topological polar surface area (TPSA) is 41.5 Å². The van der Waals surface area contributed by atoms with Crippen LogP contribution in [-0.4, -0.2) is 18.7 Å². The average Bonchev–Trinajstić information content (AvgIpc) is 2.28. The van der Waals surface area contributed by atoms with Gasteiger partial charge in [-0.1, -0.05) is 28.1 Å². The van der Waals surface area contributed by atoms with Crippen molar-refractivity contribution in [1.82, 2.24) is 5.32 Å². The van der Waals surface area contributed by atoms with Crippen LogP contribution in [0.15, 0.2) is 33.7 Å². The zero-order valence-electron chi connectivity index (χ0n) is 9.96. The molecule has 1 heterocycles. The second kappa shape index (κ2) is 4.61. The molecule has 1 aliphatic heterocycles. The number of hydrogen-bond acceptors (Lipinski definition) is 2. The molecule has 0 amide bonds. The van der Waals surface area contributed by atoms with E-state index in [-0.39, 0.29) is 11.3 Å². The Kier molecular flexibility index (Phi) is 3.33. The van der Waals surface area contributed by atoms with Crippen molar-refractivity contribution < 1.29 is 4.79 Å². The maximum Gasteiger partial charge on any atom is 0.143 e. The van der Waals surface area contributed by atoms with E-state index < -0.39 is 0 Å². The number of rotatable bonds is 1. The Hall–Kier alpha value is -1.16. The van der Waals surface area contributed by atoms with Crippen LogP contribution in [0.3, 0.4) is 0 Å². The van der Waals surface area contributed by atoms with Gasteiger partial charge in [0.15, 0.2) is 0 Å². The summed E-state index contributed by atoms with van der Waals surface area (Å²) in [6.45, 7) is 2.04. The van der Waals surface area contributed by atoms with Gasteiger partial charge < -0.3 is 5.32 Å². The summed E-state index contributed by atoms with van der Waals surface area (Å²) in [5.41, 5.74) is 0.745. The van der Waals surface area contributed by atoms with Crippen LogP contribution in [0.2, 0.25) is 0 Å². The third kappa shape index (κ3) is 2.57. The van der Waals surface area contributed by atoms with Crippen LogP contribution in [-0.2, 0) is 10.3 Å². The van der Waals surface area contributed by atoms with E-state index in [4.69, 9.17) is 0 Å². The fraction of sp³-hybridized carbons (Fsp3) is 0.385. The number of piperidine rings is 1. The average molecular weight is 295 g/mol. The SMILES string of the molecule is CN=C1CC(=O)C[C@@](C)(c2cccc(Br)c2)N1. The molecule has 2 rings (SSSR count). The van der Waals surface area contributed by atoms with Crippen LogP contribution >= 0.6 is 15.9 Å². The minimum atomic E-state index is -0.353. The molecule has 1 atom stereocenters. The quantitative estimate of drug-likeness (QED) is 0.865. The van der Waals surface area contributed by atoms with E-state index in [0.717, 1.165) is 15.9 Å². The molecule has 0 aliphatic carbocycles. The van der Waals surface area contributed by atoms with Gasteiger partial charge in [-0.3, -0.25) is 9.79 Å². The van der Waals surface area contributed by atoms with Crippen molar-refractivity contribution in [3.8, 4) is 0 Å². The number of nitrogens with zero attached hydrogens (tertiary/aromatic N) is 1. The van der Waals surface area contributed by atoms with Gasteiger partial charge in [0.05, 0.1) is 12.0 Å². The maximum atomic E-state index is 11.8. The second-order valence-corrected chi connectivity index (χ2v) is 5.45. The summed E-state index contributed by atoms with van der Waals surface area (Å²) in [5.74, 6) is 0.996. The van der Waals surface area contributed by atoms with E-state index in [2.05, 4.69) is 26.2 Å². The van der Waals surface area contributed by atoms with Crippen LogP contribution in [0, 0.1) is 0 Å². The molecule has 3 nitrogen and oxygen atoms in total. The lowest BCUT2D eigenvalue weighted by atomic mass is 9.83. The number of carbonyl (C=O) groups is 1. The molecule has 4 heteroatoms. The fourth-order valence-electron chi connectivity index (χ4n) is 2.19. The van der Waals surface area contributed by atoms with E-state index in [1.807, 2.05) is 31.2 Å². The Balaban J connectivity index is 2.38. The van der Waals surface area contributed by atoms with Crippen LogP contribution in [0.25, 0.3) is 0 Å². The smallest absolute Gasteiger partial charge is 0.143 e. The lowest BCUT2D eigenvalue weighted by Crippen LogP contribution is -2.50. The monoisotopic (exact) mass is 294 g/mol. The van der Waals surface area contributed by atoms with E-state index in [0.29, 0.717) is 12.8 Å². The third-order valence-corrected chi connectivity index (χ3v) is 3.56. The number of carbonyl (C=O) groups excluding carboxylic acids is 1. The van der Waals surface area contributed by atoms with E-state index in [1.54, 1.807) is 7.05 Å². The van der Waals surface area contributed by atoms with E-state index in [9.17, 15) is 4.79 Å². The molecule has 0 saturated carbocycles. The van der Waals surface area contributed by atoms with Crippen molar-refractivity contribution in [2.45, 2.75) is 25.3 Å². The van der Waals surface area contributed by atoms with Crippen LogP contribution in [0.5, 0.6) is 0 Å². The first-order chi connectivity index (χ1) is 8.03. The van der Waals surface area contributed by atoms with Crippen molar-refractivity contribution in [2.75, 3.05) is 7.05 Å². The zero-order chi connectivity index (χ0) is 12.5. The standard InChI is InChI=1S/C13H15BrN2O/c1-13(9-4-3-5-10(14)6-9)8-11(17)7-12(15-2)16-13/h3-6H,7-8H2,1-2H3,(H,15,16)/t13-/m0/s1. The Morgan fingerprint density at radius 3 is 2.88 bits per heavy atom. The Morgan fingerprint density at radius 1 is 1.47 bits per heavy atom. The maximum absolute atomic E-state index is 11.8. The summed E-state index contributed by atoms with van der Waals surface area (Å²) in [7, 11) is 1.71. The second-order valence-electron chi connectivity index (χ2n) is 4.53. The molecule has 1 aliphatic rings. The fourth-order valence-corrected chi connectivity index (χ4v) is 2.59. The number of benzene rings is 1. The summed E-state index contributed by atoms with van der Waals surface area (Å²) in [5, 5.41) is 3.36. The highest BCUT2D eigenvalue weighted by molar-refractivity contribution is 9.10. The Morgan fingerprint density at radius 2 is 2.24 bits per heavy atom. The number of hydrogen-bond donors (Lipinski definition) is 1. The molecule has 0 unspecified atom stereocenters. The molecule has 0 radical (unpaired) electrons. The molecule has 1 N–H and O–H groups in total. The van der Waals surface area contributed by atoms with Gasteiger partial charge in [-0.25, -0.2) is 0 Å². The molecule has 1 fully saturated rings.